The standard InChI is InChI=1S/C27H27N7O3/c35-24(31-23-11-10-21-8-4-5-9-22(21)16-23)17-28-26-25(34(36)37)27(30-19-29-26)33-14-12-32(13-15-33)18-20-6-2-1-3-7-20/h1-11,16,19H,12-15,17-18H2,(H,31,35)(H,28,29,30). The summed E-state index contributed by atoms with van der Waals surface area (Å²) in [5.74, 6) is -0.0496. The van der Waals surface area contributed by atoms with E-state index in [1.54, 1.807) is 0 Å². The van der Waals surface area contributed by atoms with Gasteiger partial charge in [-0.15, -0.1) is 0 Å². The normalized spacial score (nSPS) is 13.9. The molecule has 1 aliphatic heterocycles. The second-order valence-corrected chi connectivity index (χ2v) is 8.86. The van der Waals surface area contributed by atoms with Crippen LogP contribution >= 0.6 is 0 Å². The molecule has 0 atom stereocenters. The van der Waals surface area contributed by atoms with Gasteiger partial charge in [-0.25, -0.2) is 9.97 Å². The summed E-state index contributed by atoms with van der Waals surface area (Å²) in [6.45, 7) is 3.38. The number of nitrogens with zero attached hydrogens (tertiary/aromatic N) is 5. The van der Waals surface area contributed by atoms with Crippen LogP contribution in [-0.4, -0.2) is 58.4 Å². The van der Waals surface area contributed by atoms with Gasteiger partial charge in [-0.1, -0.05) is 60.7 Å². The lowest BCUT2D eigenvalue weighted by Gasteiger charge is -2.35. The van der Waals surface area contributed by atoms with Crippen molar-refractivity contribution in [2.45, 2.75) is 6.54 Å². The highest BCUT2D eigenvalue weighted by Gasteiger charge is 2.29. The summed E-state index contributed by atoms with van der Waals surface area (Å²) in [5.41, 5.74) is 1.66. The molecular weight excluding hydrogens is 470 g/mol. The van der Waals surface area contributed by atoms with E-state index in [2.05, 4.69) is 37.6 Å². The second kappa shape index (κ2) is 11.0. The van der Waals surface area contributed by atoms with Gasteiger partial charge < -0.3 is 15.5 Å². The molecule has 188 valence electrons. The van der Waals surface area contributed by atoms with E-state index >= 15 is 0 Å². The van der Waals surface area contributed by atoms with Gasteiger partial charge in [0.1, 0.15) is 6.33 Å². The Kier molecular flexibility index (Phi) is 7.18. The van der Waals surface area contributed by atoms with Crippen molar-refractivity contribution in [3.05, 3.63) is 94.8 Å². The highest BCUT2D eigenvalue weighted by molar-refractivity contribution is 5.96. The van der Waals surface area contributed by atoms with Gasteiger partial charge in [0.2, 0.25) is 17.5 Å². The fraction of sp³-hybridized carbons (Fsp3) is 0.222. The van der Waals surface area contributed by atoms with Crippen molar-refractivity contribution in [1.29, 1.82) is 0 Å². The monoisotopic (exact) mass is 497 g/mol. The second-order valence-electron chi connectivity index (χ2n) is 8.86. The van der Waals surface area contributed by atoms with Gasteiger partial charge in [0.05, 0.1) is 11.5 Å². The summed E-state index contributed by atoms with van der Waals surface area (Å²) < 4.78 is 0. The van der Waals surface area contributed by atoms with Gasteiger partial charge in [0.25, 0.3) is 0 Å². The molecule has 1 aromatic heterocycles. The molecule has 0 aliphatic carbocycles. The fourth-order valence-corrected chi connectivity index (χ4v) is 4.49. The molecule has 0 unspecified atom stereocenters. The number of rotatable bonds is 8. The lowest BCUT2D eigenvalue weighted by molar-refractivity contribution is -0.383. The van der Waals surface area contributed by atoms with E-state index in [0.29, 0.717) is 18.8 Å². The number of hydrogen-bond donors (Lipinski definition) is 2. The molecule has 10 heteroatoms. The predicted molar refractivity (Wildman–Crippen MR) is 144 cm³/mol. The molecule has 1 fully saturated rings. The number of nitro groups is 1. The van der Waals surface area contributed by atoms with E-state index in [1.807, 2.05) is 65.6 Å². The van der Waals surface area contributed by atoms with E-state index in [1.165, 1.54) is 11.9 Å². The molecule has 0 radical (unpaired) electrons. The zero-order valence-corrected chi connectivity index (χ0v) is 20.2. The third kappa shape index (κ3) is 5.81. The molecule has 5 rings (SSSR count). The minimum atomic E-state index is -0.491. The minimum absolute atomic E-state index is 0.0235. The quantitative estimate of drug-likeness (QED) is 0.278. The lowest BCUT2D eigenvalue weighted by Crippen LogP contribution is -2.46. The Morgan fingerprint density at radius 2 is 1.65 bits per heavy atom. The van der Waals surface area contributed by atoms with Crippen LogP contribution in [0.25, 0.3) is 10.8 Å². The average Bonchev–Trinajstić information content (AvgIpc) is 2.92. The molecule has 1 amide bonds. The number of anilines is 3. The van der Waals surface area contributed by atoms with Crippen molar-refractivity contribution in [2.24, 2.45) is 0 Å². The molecule has 0 bridgehead atoms. The van der Waals surface area contributed by atoms with Crippen LogP contribution in [0, 0.1) is 10.1 Å². The van der Waals surface area contributed by atoms with Gasteiger partial charge in [0.15, 0.2) is 0 Å². The van der Waals surface area contributed by atoms with Crippen LogP contribution in [0.15, 0.2) is 79.1 Å². The van der Waals surface area contributed by atoms with Crippen LogP contribution in [0.5, 0.6) is 0 Å². The smallest absolute Gasteiger partial charge is 0.353 e. The van der Waals surface area contributed by atoms with E-state index in [4.69, 9.17) is 0 Å². The van der Waals surface area contributed by atoms with Crippen molar-refractivity contribution < 1.29 is 9.72 Å². The third-order valence-electron chi connectivity index (χ3n) is 6.36. The van der Waals surface area contributed by atoms with E-state index < -0.39 is 4.92 Å². The zero-order valence-electron chi connectivity index (χ0n) is 20.2. The number of amides is 1. The topological polar surface area (TPSA) is 117 Å². The molecule has 37 heavy (non-hydrogen) atoms. The molecular formula is C27H27N7O3. The van der Waals surface area contributed by atoms with Crippen LogP contribution in [-0.2, 0) is 11.3 Å². The van der Waals surface area contributed by atoms with Crippen LogP contribution < -0.4 is 15.5 Å². The molecule has 10 nitrogen and oxygen atoms in total. The maximum Gasteiger partial charge on any atom is 0.353 e. The number of piperazine rings is 1. The number of hydrogen-bond acceptors (Lipinski definition) is 8. The van der Waals surface area contributed by atoms with Crippen LogP contribution in [0.3, 0.4) is 0 Å². The van der Waals surface area contributed by atoms with Crippen molar-refractivity contribution in [3.63, 3.8) is 0 Å². The number of fused-ring (bicyclic) bond motifs is 1. The number of benzene rings is 3. The number of carbonyl (C=O) groups excluding carboxylic acids is 1. The molecule has 1 aliphatic rings. The van der Waals surface area contributed by atoms with Crippen molar-refractivity contribution in [3.8, 4) is 0 Å². The van der Waals surface area contributed by atoms with Gasteiger partial charge in [0, 0.05) is 38.4 Å². The van der Waals surface area contributed by atoms with Gasteiger partial charge in [-0.3, -0.25) is 19.8 Å². The molecule has 0 saturated carbocycles. The van der Waals surface area contributed by atoms with Gasteiger partial charge in [-0.2, -0.15) is 0 Å². The van der Waals surface area contributed by atoms with Crippen molar-refractivity contribution in [2.75, 3.05) is 48.3 Å². The van der Waals surface area contributed by atoms with E-state index in [0.717, 1.165) is 30.4 Å². The highest BCUT2D eigenvalue weighted by atomic mass is 16.6. The maximum atomic E-state index is 12.6. The molecule has 2 heterocycles. The Labute approximate surface area is 214 Å². The highest BCUT2D eigenvalue weighted by Crippen LogP contribution is 2.32. The average molecular weight is 498 g/mol. The summed E-state index contributed by atoms with van der Waals surface area (Å²) in [7, 11) is 0. The van der Waals surface area contributed by atoms with Crippen LogP contribution in [0.4, 0.5) is 23.0 Å². The largest absolute Gasteiger partial charge is 0.355 e. The Balaban J connectivity index is 1.23. The summed E-state index contributed by atoms with van der Waals surface area (Å²) in [4.78, 5) is 36.6. The van der Waals surface area contributed by atoms with Crippen LogP contribution in [0.2, 0.25) is 0 Å². The molecule has 1 saturated heterocycles. The maximum absolute atomic E-state index is 12.6. The fourth-order valence-electron chi connectivity index (χ4n) is 4.49. The third-order valence-corrected chi connectivity index (χ3v) is 6.36. The first-order valence-corrected chi connectivity index (χ1v) is 12.1. The molecule has 0 spiro atoms. The first kappa shape index (κ1) is 24.1. The number of carbonyl (C=O) groups is 1. The first-order chi connectivity index (χ1) is 18.1. The SMILES string of the molecule is O=C(CNc1ncnc(N2CCN(Cc3ccccc3)CC2)c1[N+](=O)[O-])Nc1ccc2ccccc2c1. The minimum Gasteiger partial charge on any atom is -0.355 e. The van der Waals surface area contributed by atoms with E-state index in [-0.39, 0.29) is 29.8 Å². The number of aromatic nitrogens is 2. The zero-order chi connectivity index (χ0) is 25.6. The lowest BCUT2D eigenvalue weighted by atomic mass is 10.1. The van der Waals surface area contributed by atoms with Crippen molar-refractivity contribution >= 4 is 39.7 Å². The Bertz CT molecular complexity index is 1410. The molecule has 3 aromatic carbocycles. The summed E-state index contributed by atoms with van der Waals surface area (Å²) >= 11 is 0. The molecule has 2 N–H and O–H groups in total. The summed E-state index contributed by atoms with van der Waals surface area (Å²) in [6, 6.07) is 23.7. The summed E-state index contributed by atoms with van der Waals surface area (Å²) in [5, 5.41) is 19.7. The Morgan fingerprint density at radius 1 is 0.919 bits per heavy atom. The Hall–Kier alpha value is -4.57. The predicted octanol–water partition coefficient (Wildman–Crippen LogP) is 3.91. The Morgan fingerprint density at radius 3 is 2.41 bits per heavy atom. The van der Waals surface area contributed by atoms with Gasteiger partial charge >= 0.3 is 5.69 Å². The molecule has 4 aromatic rings. The van der Waals surface area contributed by atoms with Crippen LogP contribution in [0.1, 0.15) is 5.56 Å². The van der Waals surface area contributed by atoms with Gasteiger partial charge in [-0.05, 0) is 28.5 Å². The van der Waals surface area contributed by atoms with Crippen molar-refractivity contribution in [1.82, 2.24) is 14.9 Å². The number of nitrogens with one attached hydrogen (secondary N) is 2. The van der Waals surface area contributed by atoms with E-state index in [9.17, 15) is 14.9 Å². The summed E-state index contributed by atoms with van der Waals surface area (Å²) in [6.07, 6.45) is 1.29. The first-order valence-electron chi connectivity index (χ1n) is 12.1.